The molecule has 1 saturated heterocycles. The average Bonchev–Trinajstić information content (AvgIpc) is 2.25. The van der Waals surface area contributed by atoms with Gasteiger partial charge in [0, 0.05) is 0 Å². The van der Waals surface area contributed by atoms with Crippen LogP contribution in [-0.2, 0) is 0 Å². The van der Waals surface area contributed by atoms with E-state index in [1.165, 1.54) is 32.5 Å². The lowest BCUT2D eigenvalue weighted by Crippen LogP contribution is -2.32. The van der Waals surface area contributed by atoms with Crippen molar-refractivity contribution in [2.45, 2.75) is 54.4 Å². The lowest BCUT2D eigenvalue weighted by atomic mass is 9.99. The number of likely N-dealkylation sites (tertiary alicyclic amines) is 1. The van der Waals surface area contributed by atoms with Crippen molar-refractivity contribution < 1.29 is 0 Å². The maximum absolute atomic E-state index is 2.53. The van der Waals surface area contributed by atoms with Crippen LogP contribution in [0.1, 0.15) is 54.4 Å². The van der Waals surface area contributed by atoms with Gasteiger partial charge < -0.3 is 4.90 Å². The molecule has 1 aliphatic rings. The van der Waals surface area contributed by atoms with Crippen molar-refractivity contribution in [3.05, 3.63) is 0 Å². The molecule has 1 aliphatic heterocycles. The highest BCUT2D eigenvalue weighted by Crippen LogP contribution is 2.14. The fraction of sp³-hybridized carbons (Fsp3) is 1.00. The predicted molar refractivity (Wildman–Crippen MR) is 63.2 cm³/mol. The summed E-state index contributed by atoms with van der Waals surface area (Å²) in [6.07, 6.45) is 2.82. The van der Waals surface area contributed by atoms with E-state index in [2.05, 4.69) is 18.7 Å². The van der Waals surface area contributed by atoms with Crippen molar-refractivity contribution in [1.29, 1.82) is 0 Å². The van der Waals surface area contributed by atoms with Crippen LogP contribution in [-0.4, -0.2) is 24.5 Å². The minimum atomic E-state index is 0.979. The molecule has 1 nitrogen and oxygen atoms in total. The van der Waals surface area contributed by atoms with Gasteiger partial charge >= 0.3 is 0 Å². The van der Waals surface area contributed by atoms with Crippen LogP contribution in [0.5, 0.6) is 0 Å². The number of nitrogens with zero attached hydrogens (tertiary/aromatic N) is 1. The zero-order valence-corrected chi connectivity index (χ0v) is 10.6. The van der Waals surface area contributed by atoms with Crippen LogP contribution in [0.4, 0.5) is 0 Å². The molecule has 0 amide bonds. The van der Waals surface area contributed by atoms with Gasteiger partial charge in [0.15, 0.2) is 0 Å². The third kappa shape index (κ3) is 8.29. The summed E-state index contributed by atoms with van der Waals surface area (Å²) >= 11 is 0. The van der Waals surface area contributed by atoms with E-state index in [1.54, 1.807) is 0 Å². The molecule has 1 rings (SSSR count). The van der Waals surface area contributed by atoms with Gasteiger partial charge in [-0.3, -0.25) is 0 Å². The Hall–Kier alpha value is -0.0400. The highest BCUT2D eigenvalue weighted by molar-refractivity contribution is 4.67. The van der Waals surface area contributed by atoms with E-state index in [9.17, 15) is 0 Å². The Morgan fingerprint density at radius 1 is 1.00 bits per heavy atom. The highest BCUT2D eigenvalue weighted by Gasteiger charge is 2.12. The molecule has 0 atom stereocenters. The molecule has 82 valence electrons. The van der Waals surface area contributed by atoms with Crippen LogP contribution in [0.3, 0.4) is 0 Å². The summed E-state index contributed by atoms with van der Waals surface area (Å²) in [7, 11) is 0. The lowest BCUT2D eigenvalue weighted by Gasteiger charge is -2.28. The average molecular weight is 187 g/mol. The third-order valence-corrected chi connectivity index (χ3v) is 2.32. The van der Waals surface area contributed by atoms with Gasteiger partial charge in [-0.1, -0.05) is 41.5 Å². The Balaban J connectivity index is 0. The maximum Gasteiger partial charge on any atom is -0.00163 e. The predicted octanol–water partition coefficient (Wildman–Crippen LogP) is 3.79. The molecule has 0 spiro atoms. The van der Waals surface area contributed by atoms with Gasteiger partial charge in [0.05, 0.1) is 0 Å². The van der Waals surface area contributed by atoms with Crippen molar-refractivity contribution in [2.75, 3.05) is 19.6 Å². The molecule has 0 radical (unpaired) electrons. The van der Waals surface area contributed by atoms with Crippen LogP contribution in [0.2, 0.25) is 0 Å². The molecule has 13 heavy (non-hydrogen) atoms. The quantitative estimate of drug-likeness (QED) is 0.603. The van der Waals surface area contributed by atoms with Gasteiger partial charge in [0.1, 0.15) is 0 Å². The fourth-order valence-corrected chi connectivity index (χ4v) is 1.38. The number of hydrogen-bond acceptors (Lipinski definition) is 1. The molecule has 0 aromatic rings. The molecule has 0 N–H and O–H groups in total. The molecule has 0 aliphatic carbocycles. The van der Waals surface area contributed by atoms with Gasteiger partial charge in [0.2, 0.25) is 0 Å². The van der Waals surface area contributed by atoms with Crippen LogP contribution < -0.4 is 0 Å². The first-order valence-corrected chi connectivity index (χ1v) is 6.05. The second-order valence-electron chi connectivity index (χ2n) is 3.12. The van der Waals surface area contributed by atoms with Gasteiger partial charge in [-0.2, -0.15) is 0 Å². The Morgan fingerprint density at radius 3 is 1.69 bits per heavy atom. The van der Waals surface area contributed by atoms with Gasteiger partial charge in [-0.25, -0.2) is 0 Å². The zero-order valence-electron chi connectivity index (χ0n) is 10.6. The largest absolute Gasteiger partial charge is 0.304 e. The number of rotatable bonds is 1. The van der Waals surface area contributed by atoms with Crippen LogP contribution >= 0.6 is 0 Å². The SMILES string of the molecule is CC.CC.CCN1CCC(C)CC1. The summed E-state index contributed by atoms with van der Waals surface area (Å²) in [5, 5.41) is 0. The van der Waals surface area contributed by atoms with E-state index < -0.39 is 0 Å². The number of piperidine rings is 1. The minimum absolute atomic E-state index is 0.979. The Labute approximate surface area is 85.5 Å². The molecular formula is C12H29N. The molecule has 1 heterocycles. The second-order valence-corrected chi connectivity index (χ2v) is 3.12. The summed E-state index contributed by atoms with van der Waals surface area (Å²) in [5.41, 5.74) is 0. The van der Waals surface area contributed by atoms with Crippen molar-refractivity contribution in [2.24, 2.45) is 5.92 Å². The Bertz CT molecular complexity index is 73.2. The van der Waals surface area contributed by atoms with Crippen LogP contribution in [0, 0.1) is 5.92 Å². The van der Waals surface area contributed by atoms with E-state index in [-0.39, 0.29) is 0 Å². The summed E-state index contributed by atoms with van der Waals surface area (Å²) in [6, 6.07) is 0. The number of hydrogen-bond donors (Lipinski definition) is 0. The molecule has 0 unspecified atom stereocenters. The van der Waals surface area contributed by atoms with E-state index in [0.717, 1.165) is 5.92 Å². The Kier molecular flexibility index (Phi) is 14.2. The van der Waals surface area contributed by atoms with Crippen molar-refractivity contribution in [3.63, 3.8) is 0 Å². The third-order valence-electron chi connectivity index (χ3n) is 2.32. The van der Waals surface area contributed by atoms with Crippen molar-refractivity contribution in [3.8, 4) is 0 Å². The van der Waals surface area contributed by atoms with E-state index in [4.69, 9.17) is 0 Å². The molecule has 0 aromatic carbocycles. The molecular weight excluding hydrogens is 158 g/mol. The molecule has 1 fully saturated rings. The first-order valence-electron chi connectivity index (χ1n) is 6.05. The summed E-state index contributed by atoms with van der Waals surface area (Å²) in [5.74, 6) is 0.979. The molecule has 0 bridgehead atoms. The van der Waals surface area contributed by atoms with Gasteiger partial charge in [0.25, 0.3) is 0 Å². The van der Waals surface area contributed by atoms with Crippen molar-refractivity contribution >= 4 is 0 Å². The van der Waals surface area contributed by atoms with Crippen LogP contribution in [0.25, 0.3) is 0 Å². The molecule has 1 heteroatoms. The maximum atomic E-state index is 2.53. The summed E-state index contributed by atoms with van der Waals surface area (Å²) in [4.78, 5) is 2.53. The van der Waals surface area contributed by atoms with E-state index in [0.29, 0.717) is 0 Å². The topological polar surface area (TPSA) is 3.24 Å². The van der Waals surface area contributed by atoms with E-state index in [1.807, 2.05) is 27.7 Å². The summed E-state index contributed by atoms with van der Waals surface area (Å²) < 4.78 is 0. The van der Waals surface area contributed by atoms with E-state index >= 15 is 0 Å². The van der Waals surface area contributed by atoms with Gasteiger partial charge in [-0.05, 0) is 38.4 Å². The summed E-state index contributed by atoms with van der Waals surface area (Å²) in [6.45, 7) is 16.5. The van der Waals surface area contributed by atoms with Crippen molar-refractivity contribution in [1.82, 2.24) is 4.90 Å². The monoisotopic (exact) mass is 187 g/mol. The van der Waals surface area contributed by atoms with Crippen LogP contribution in [0.15, 0.2) is 0 Å². The fourth-order valence-electron chi connectivity index (χ4n) is 1.38. The Morgan fingerprint density at radius 2 is 1.38 bits per heavy atom. The first-order chi connectivity index (χ1) is 6.33. The first kappa shape index (κ1) is 15.4. The normalized spacial score (nSPS) is 18.0. The standard InChI is InChI=1S/C8H17N.2C2H6/c1-3-9-6-4-8(2)5-7-9;2*1-2/h8H,3-7H2,1-2H3;2*1-2H3. The second kappa shape index (κ2) is 12.0. The smallest absolute Gasteiger partial charge is 0.00163 e. The molecule has 0 saturated carbocycles. The minimum Gasteiger partial charge on any atom is -0.304 e. The highest BCUT2D eigenvalue weighted by atomic mass is 15.1. The molecule has 0 aromatic heterocycles. The van der Waals surface area contributed by atoms with Gasteiger partial charge in [-0.15, -0.1) is 0 Å². The lowest BCUT2D eigenvalue weighted by molar-refractivity contribution is 0.201. The zero-order chi connectivity index (χ0) is 10.7.